The second-order valence-electron chi connectivity index (χ2n) is 4.78. The van der Waals surface area contributed by atoms with Crippen LogP contribution in [0.4, 0.5) is 10.7 Å². The van der Waals surface area contributed by atoms with Crippen molar-refractivity contribution < 1.29 is 14.3 Å². The second-order valence-corrected chi connectivity index (χ2v) is 5.72. The number of ether oxygens (including phenoxy) is 1. The molecule has 1 aliphatic heterocycles. The van der Waals surface area contributed by atoms with Crippen molar-refractivity contribution in [2.24, 2.45) is 0 Å². The average molecular weight is 342 g/mol. The van der Waals surface area contributed by atoms with Crippen molar-refractivity contribution in [1.82, 2.24) is 15.3 Å². The van der Waals surface area contributed by atoms with Crippen molar-refractivity contribution in [3.63, 3.8) is 0 Å². The van der Waals surface area contributed by atoms with Gasteiger partial charge in [-0.05, 0) is 29.8 Å². The SMILES string of the molecule is O=C1NC(=Cc2ccc(OCCNc3ncccn3)cc2)C(=O)S1. The number of aromatic nitrogens is 2. The zero-order chi connectivity index (χ0) is 16.8. The third-order valence-electron chi connectivity index (χ3n) is 3.05. The van der Waals surface area contributed by atoms with Gasteiger partial charge in [-0.1, -0.05) is 12.1 Å². The van der Waals surface area contributed by atoms with Gasteiger partial charge < -0.3 is 15.4 Å². The van der Waals surface area contributed by atoms with Crippen LogP contribution in [0, 0.1) is 0 Å². The van der Waals surface area contributed by atoms with Crippen molar-refractivity contribution in [2.45, 2.75) is 0 Å². The topological polar surface area (TPSA) is 93.2 Å². The third-order valence-corrected chi connectivity index (χ3v) is 3.75. The first kappa shape index (κ1) is 16.0. The lowest BCUT2D eigenvalue weighted by Gasteiger charge is -2.07. The summed E-state index contributed by atoms with van der Waals surface area (Å²) < 4.78 is 5.61. The standard InChI is InChI=1S/C16H14N4O3S/c21-14-13(20-16(22)24-14)10-11-2-4-12(5-3-11)23-9-8-19-15-17-6-1-7-18-15/h1-7,10H,8-9H2,(H,20,22)(H,17,18,19). The number of rotatable bonds is 6. The minimum atomic E-state index is -0.346. The van der Waals surface area contributed by atoms with E-state index in [1.54, 1.807) is 36.7 Å². The molecule has 122 valence electrons. The summed E-state index contributed by atoms with van der Waals surface area (Å²) in [5.41, 5.74) is 1.11. The zero-order valence-corrected chi connectivity index (χ0v) is 13.4. The van der Waals surface area contributed by atoms with Gasteiger partial charge in [-0.3, -0.25) is 9.59 Å². The van der Waals surface area contributed by atoms with Gasteiger partial charge in [0.2, 0.25) is 11.1 Å². The predicted octanol–water partition coefficient (Wildman–Crippen LogP) is 2.29. The van der Waals surface area contributed by atoms with Gasteiger partial charge in [0.05, 0.1) is 12.2 Å². The maximum absolute atomic E-state index is 11.5. The normalized spacial score (nSPS) is 15.4. The van der Waals surface area contributed by atoms with Crippen LogP contribution in [-0.4, -0.2) is 33.5 Å². The molecular formula is C16H14N4O3S. The monoisotopic (exact) mass is 342 g/mol. The number of hydrogen-bond donors (Lipinski definition) is 2. The van der Waals surface area contributed by atoms with E-state index in [9.17, 15) is 9.59 Å². The predicted molar refractivity (Wildman–Crippen MR) is 91.6 cm³/mol. The Balaban J connectivity index is 1.49. The first-order chi connectivity index (χ1) is 11.7. The minimum Gasteiger partial charge on any atom is -0.492 e. The van der Waals surface area contributed by atoms with Gasteiger partial charge >= 0.3 is 0 Å². The quantitative estimate of drug-likeness (QED) is 0.614. The highest BCUT2D eigenvalue weighted by molar-refractivity contribution is 8.27. The van der Waals surface area contributed by atoms with Gasteiger partial charge in [0, 0.05) is 24.2 Å². The lowest BCUT2D eigenvalue weighted by molar-refractivity contribution is -0.107. The molecule has 1 amide bonds. The lowest BCUT2D eigenvalue weighted by atomic mass is 10.2. The largest absolute Gasteiger partial charge is 0.492 e. The molecule has 0 unspecified atom stereocenters. The number of amides is 1. The average Bonchev–Trinajstić information content (AvgIpc) is 2.91. The van der Waals surface area contributed by atoms with E-state index in [2.05, 4.69) is 20.6 Å². The molecule has 1 aliphatic rings. The molecule has 24 heavy (non-hydrogen) atoms. The van der Waals surface area contributed by atoms with Gasteiger partial charge in [0.25, 0.3) is 5.24 Å². The molecule has 1 aromatic heterocycles. The molecule has 1 saturated heterocycles. The van der Waals surface area contributed by atoms with Crippen molar-refractivity contribution in [3.05, 3.63) is 54.0 Å². The molecule has 2 N–H and O–H groups in total. The Morgan fingerprint density at radius 3 is 2.58 bits per heavy atom. The van der Waals surface area contributed by atoms with Crippen molar-refractivity contribution in [1.29, 1.82) is 0 Å². The molecule has 7 nitrogen and oxygen atoms in total. The fraction of sp³-hybridized carbons (Fsp3) is 0.125. The molecule has 1 fully saturated rings. The number of hydrogen-bond acceptors (Lipinski definition) is 7. The summed E-state index contributed by atoms with van der Waals surface area (Å²) in [5, 5.41) is 4.94. The Morgan fingerprint density at radius 2 is 1.92 bits per heavy atom. The van der Waals surface area contributed by atoms with Crippen molar-refractivity contribution in [2.75, 3.05) is 18.5 Å². The van der Waals surface area contributed by atoms with E-state index in [0.717, 1.165) is 5.56 Å². The summed E-state index contributed by atoms with van der Waals surface area (Å²) >= 11 is 0.664. The van der Waals surface area contributed by atoms with E-state index in [1.165, 1.54) is 0 Å². The molecule has 0 atom stereocenters. The van der Waals surface area contributed by atoms with E-state index in [1.807, 2.05) is 12.1 Å². The number of nitrogens with zero attached hydrogens (tertiary/aromatic N) is 2. The van der Waals surface area contributed by atoms with Crippen LogP contribution in [0.3, 0.4) is 0 Å². The van der Waals surface area contributed by atoms with E-state index in [-0.39, 0.29) is 10.4 Å². The summed E-state index contributed by atoms with van der Waals surface area (Å²) in [5.74, 6) is 1.27. The van der Waals surface area contributed by atoms with Gasteiger partial charge in [0.15, 0.2) is 0 Å². The lowest BCUT2D eigenvalue weighted by Crippen LogP contribution is -2.13. The minimum absolute atomic E-state index is 0.269. The number of benzene rings is 1. The van der Waals surface area contributed by atoms with Crippen LogP contribution in [0.1, 0.15) is 5.56 Å². The highest BCUT2D eigenvalue weighted by Gasteiger charge is 2.25. The third kappa shape index (κ3) is 4.32. The summed E-state index contributed by atoms with van der Waals surface area (Å²) in [6.07, 6.45) is 4.97. The van der Waals surface area contributed by atoms with Crippen molar-refractivity contribution in [3.8, 4) is 5.75 Å². The highest BCUT2D eigenvalue weighted by Crippen LogP contribution is 2.21. The molecule has 0 aliphatic carbocycles. The fourth-order valence-electron chi connectivity index (χ4n) is 1.97. The van der Waals surface area contributed by atoms with Crippen LogP contribution in [0.5, 0.6) is 5.75 Å². The molecule has 3 rings (SSSR count). The van der Waals surface area contributed by atoms with E-state index in [0.29, 0.717) is 42.3 Å². The Hall–Kier alpha value is -2.87. The summed E-state index contributed by atoms with van der Waals surface area (Å²) in [6.45, 7) is 1.04. The molecule has 0 spiro atoms. The van der Waals surface area contributed by atoms with E-state index >= 15 is 0 Å². The molecule has 1 aromatic carbocycles. The molecule has 0 radical (unpaired) electrons. The second kappa shape index (κ2) is 7.60. The number of carbonyl (C=O) groups is 2. The zero-order valence-electron chi connectivity index (χ0n) is 12.6. The van der Waals surface area contributed by atoms with Crippen LogP contribution in [0.15, 0.2) is 48.4 Å². The van der Waals surface area contributed by atoms with Crippen LogP contribution in [0.2, 0.25) is 0 Å². The maximum atomic E-state index is 11.5. The van der Waals surface area contributed by atoms with Crippen LogP contribution in [0.25, 0.3) is 6.08 Å². The highest BCUT2D eigenvalue weighted by atomic mass is 32.2. The number of nitrogens with one attached hydrogen (secondary N) is 2. The number of thioether (sulfide) groups is 1. The van der Waals surface area contributed by atoms with Crippen LogP contribution >= 0.6 is 11.8 Å². The molecular weight excluding hydrogens is 328 g/mol. The number of anilines is 1. The Bertz CT molecular complexity index is 763. The molecule has 0 bridgehead atoms. The van der Waals surface area contributed by atoms with Gasteiger partial charge in [-0.25, -0.2) is 9.97 Å². The Kier molecular flexibility index (Phi) is 5.07. The summed E-state index contributed by atoms with van der Waals surface area (Å²) in [4.78, 5) is 30.7. The van der Waals surface area contributed by atoms with Gasteiger partial charge in [-0.15, -0.1) is 0 Å². The molecule has 2 heterocycles. The van der Waals surface area contributed by atoms with Gasteiger partial charge in [0.1, 0.15) is 12.4 Å². The summed E-state index contributed by atoms with van der Waals surface area (Å²) in [7, 11) is 0. The first-order valence-corrected chi connectivity index (χ1v) is 8.01. The first-order valence-electron chi connectivity index (χ1n) is 7.19. The molecule has 8 heteroatoms. The van der Waals surface area contributed by atoms with Crippen LogP contribution < -0.4 is 15.4 Å². The summed E-state index contributed by atoms with van der Waals surface area (Å²) in [6, 6.07) is 9.00. The van der Waals surface area contributed by atoms with E-state index in [4.69, 9.17) is 4.74 Å². The van der Waals surface area contributed by atoms with E-state index < -0.39 is 0 Å². The van der Waals surface area contributed by atoms with Crippen molar-refractivity contribution >= 4 is 34.1 Å². The molecule has 0 saturated carbocycles. The number of carbonyl (C=O) groups excluding carboxylic acids is 2. The van der Waals surface area contributed by atoms with Crippen LogP contribution in [-0.2, 0) is 4.79 Å². The maximum Gasteiger partial charge on any atom is 0.291 e. The Morgan fingerprint density at radius 1 is 1.17 bits per heavy atom. The van der Waals surface area contributed by atoms with Gasteiger partial charge in [-0.2, -0.15) is 0 Å². The Labute approximate surface area is 142 Å². The smallest absolute Gasteiger partial charge is 0.291 e. The molecule has 2 aromatic rings. The fourth-order valence-corrected chi connectivity index (χ4v) is 2.52.